The van der Waals surface area contributed by atoms with Crippen molar-refractivity contribution in [2.24, 2.45) is 0 Å². The number of amides is 1. The number of fused-ring (bicyclic) bond motifs is 1. The molecule has 4 rings (SSSR count). The number of benzene rings is 1. The van der Waals surface area contributed by atoms with Gasteiger partial charge in [-0.25, -0.2) is 9.97 Å². The number of carbonyl (C=O) groups is 1. The lowest BCUT2D eigenvalue weighted by molar-refractivity contribution is -0.132. The molecular weight excluding hydrogens is 344 g/mol. The molecule has 1 aliphatic heterocycles. The lowest BCUT2D eigenvalue weighted by Gasteiger charge is -2.31. The van der Waals surface area contributed by atoms with E-state index in [4.69, 9.17) is 0 Å². The molecule has 1 N–H and O–H groups in total. The first-order chi connectivity index (χ1) is 13.1. The molecule has 1 atom stereocenters. The van der Waals surface area contributed by atoms with Gasteiger partial charge < -0.3 is 4.90 Å². The SMILES string of the molecule is Cc1nc(C2CCCN(C(=O)CCn3cnc4ccccc4c3=O)C2)n[nH]1. The molecule has 27 heavy (non-hydrogen) atoms. The molecule has 1 fully saturated rings. The van der Waals surface area contributed by atoms with Crippen LogP contribution in [0.3, 0.4) is 0 Å². The summed E-state index contributed by atoms with van der Waals surface area (Å²) < 4.78 is 1.51. The van der Waals surface area contributed by atoms with E-state index in [0.29, 0.717) is 24.0 Å². The molecule has 0 bridgehead atoms. The number of rotatable bonds is 4. The number of nitrogens with one attached hydrogen (secondary N) is 1. The quantitative estimate of drug-likeness (QED) is 0.757. The molecular formula is C19H22N6O2. The van der Waals surface area contributed by atoms with E-state index in [-0.39, 0.29) is 23.8 Å². The third-order valence-electron chi connectivity index (χ3n) is 5.05. The van der Waals surface area contributed by atoms with Gasteiger partial charge in [0.1, 0.15) is 5.82 Å². The van der Waals surface area contributed by atoms with Gasteiger partial charge in [0, 0.05) is 32.0 Å². The zero-order valence-electron chi connectivity index (χ0n) is 15.3. The van der Waals surface area contributed by atoms with Crippen molar-refractivity contribution in [2.75, 3.05) is 13.1 Å². The highest BCUT2D eigenvalue weighted by atomic mass is 16.2. The molecule has 0 spiro atoms. The number of likely N-dealkylation sites (tertiary alicyclic amines) is 1. The van der Waals surface area contributed by atoms with Crippen molar-refractivity contribution in [2.45, 2.75) is 38.6 Å². The second-order valence-electron chi connectivity index (χ2n) is 6.97. The summed E-state index contributed by atoms with van der Waals surface area (Å²) in [6.07, 6.45) is 3.71. The highest BCUT2D eigenvalue weighted by Crippen LogP contribution is 2.24. The van der Waals surface area contributed by atoms with Gasteiger partial charge in [0.25, 0.3) is 5.56 Å². The maximum atomic E-state index is 12.7. The Morgan fingerprint density at radius 1 is 1.33 bits per heavy atom. The Morgan fingerprint density at radius 3 is 3.00 bits per heavy atom. The number of piperidine rings is 1. The summed E-state index contributed by atoms with van der Waals surface area (Å²) in [6, 6.07) is 7.24. The Labute approximate surface area is 156 Å². The van der Waals surface area contributed by atoms with Crippen molar-refractivity contribution < 1.29 is 4.79 Å². The van der Waals surface area contributed by atoms with Gasteiger partial charge in [-0.3, -0.25) is 19.3 Å². The number of nitrogens with zero attached hydrogens (tertiary/aromatic N) is 5. The molecule has 1 aromatic carbocycles. The fourth-order valence-electron chi connectivity index (χ4n) is 3.60. The number of H-pyrrole nitrogens is 1. The van der Waals surface area contributed by atoms with Gasteiger partial charge >= 0.3 is 0 Å². The van der Waals surface area contributed by atoms with Crippen molar-refractivity contribution in [3.8, 4) is 0 Å². The Bertz CT molecular complexity index is 1020. The van der Waals surface area contributed by atoms with Gasteiger partial charge in [-0.2, -0.15) is 5.10 Å². The van der Waals surface area contributed by atoms with Gasteiger partial charge in [-0.1, -0.05) is 12.1 Å². The molecule has 8 heteroatoms. The predicted molar refractivity (Wildman–Crippen MR) is 100 cm³/mol. The predicted octanol–water partition coefficient (Wildman–Crippen LogP) is 1.62. The highest BCUT2D eigenvalue weighted by molar-refractivity contribution is 5.77. The first-order valence-electron chi connectivity index (χ1n) is 9.22. The fourth-order valence-corrected chi connectivity index (χ4v) is 3.60. The van der Waals surface area contributed by atoms with Crippen LogP contribution in [0.1, 0.15) is 36.8 Å². The number of aromatic amines is 1. The summed E-state index contributed by atoms with van der Waals surface area (Å²) >= 11 is 0. The van der Waals surface area contributed by atoms with Crippen LogP contribution >= 0.6 is 0 Å². The number of aryl methyl sites for hydroxylation is 2. The summed E-state index contributed by atoms with van der Waals surface area (Å²) in [5, 5.41) is 7.68. The Hall–Kier alpha value is -3.03. The van der Waals surface area contributed by atoms with E-state index in [9.17, 15) is 9.59 Å². The minimum Gasteiger partial charge on any atom is -0.342 e. The largest absolute Gasteiger partial charge is 0.342 e. The molecule has 8 nitrogen and oxygen atoms in total. The number of aromatic nitrogens is 5. The maximum Gasteiger partial charge on any atom is 0.261 e. The molecule has 0 saturated carbocycles. The molecule has 140 valence electrons. The molecule has 0 aliphatic carbocycles. The zero-order valence-corrected chi connectivity index (χ0v) is 15.3. The number of para-hydroxylation sites is 1. The maximum absolute atomic E-state index is 12.7. The second-order valence-corrected chi connectivity index (χ2v) is 6.97. The molecule has 1 aliphatic rings. The Kier molecular flexibility index (Phi) is 4.70. The van der Waals surface area contributed by atoms with Gasteiger partial charge in [0.15, 0.2) is 5.82 Å². The average molecular weight is 366 g/mol. The van der Waals surface area contributed by atoms with Crippen molar-refractivity contribution in [3.05, 3.63) is 52.6 Å². The fraction of sp³-hybridized carbons (Fsp3) is 0.421. The van der Waals surface area contributed by atoms with Gasteiger partial charge in [-0.05, 0) is 31.9 Å². The molecule has 1 saturated heterocycles. The average Bonchev–Trinajstić information content (AvgIpc) is 3.14. The number of hydrogen-bond donors (Lipinski definition) is 1. The summed E-state index contributed by atoms with van der Waals surface area (Å²) in [6.45, 7) is 3.57. The van der Waals surface area contributed by atoms with E-state index in [1.165, 1.54) is 10.9 Å². The molecule has 1 amide bonds. The zero-order chi connectivity index (χ0) is 18.8. The lowest BCUT2D eigenvalue weighted by atomic mass is 9.97. The second kappa shape index (κ2) is 7.30. The summed E-state index contributed by atoms with van der Waals surface area (Å²) in [7, 11) is 0. The third kappa shape index (κ3) is 3.60. The first kappa shape index (κ1) is 17.4. The van der Waals surface area contributed by atoms with Crippen LogP contribution in [0.5, 0.6) is 0 Å². The van der Waals surface area contributed by atoms with Crippen molar-refractivity contribution in [3.63, 3.8) is 0 Å². The number of hydrogen-bond acceptors (Lipinski definition) is 5. The van der Waals surface area contributed by atoms with E-state index in [2.05, 4.69) is 20.2 Å². The van der Waals surface area contributed by atoms with E-state index in [1.54, 1.807) is 6.07 Å². The van der Waals surface area contributed by atoms with Crippen LogP contribution in [0.25, 0.3) is 10.9 Å². The lowest BCUT2D eigenvalue weighted by Crippen LogP contribution is -2.40. The summed E-state index contributed by atoms with van der Waals surface area (Å²) in [5.41, 5.74) is 0.562. The van der Waals surface area contributed by atoms with Crippen LogP contribution in [0.4, 0.5) is 0 Å². The van der Waals surface area contributed by atoms with E-state index in [0.717, 1.165) is 31.0 Å². The standard InChI is InChI=1S/C19H22N6O2/c1-13-21-18(23-22-13)14-5-4-9-24(11-14)17(26)8-10-25-12-20-16-7-3-2-6-15(16)19(25)27/h2-3,6-7,12,14H,4-5,8-11H2,1H3,(H,21,22,23). The minimum absolute atomic E-state index is 0.0482. The molecule has 0 radical (unpaired) electrons. The van der Waals surface area contributed by atoms with Crippen molar-refractivity contribution in [1.29, 1.82) is 0 Å². The van der Waals surface area contributed by atoms with Crippen molar-refractivity contribution >= 4 is 16.8 Å². The molecule has 3 aromatic rings. The van der Waals surface area contributed by atoms with Crippen LogP contribution < -0.4 is 5.56 Å². The molecule has 2 aromatic heterocycles. The van der Waals surface area contributed by atoms with Crippen LogP contribution in [0, 0.1) is 6.92 Å². The normalized spacial score (nSPS) is 17.4. The summed E-state index contributed by atoms with van der Waals surface area (Å²) in [5.74, 6) is 1.78. The molecule has 1 unspecified atom stereocenters. The minimum atomic E-state index is -0.110. The molecule has 3 heterocycles. The first-order valence-corrected chi connectivity index (χ1v) is 9.22. The van der Waals surface area contributed by atoms with Crippen molar-refractivity contribution in [1.82, 2.24) is 29.6 Å². The van der Waals surface area contributed by atoms with Crippen LogP contribution in [0.2, 0.25) is 0 Å². The summed E-state index contributed by atoms with van der Waals surface area (Å²) in [4.78, 5) is 35.8. The third-order valence-corrected chi connectivity index (χ3v) is 5.05. The van der Waals surface area contributed by atoms with E-state index >= 15 is 0 Å². The van der Waals surface area contributed by atoms with Crippen LogP contribution in [-0.2, 0) is 11.3 Å². The Morgan fingerprint density at radius 2 is 2.19 bits per heavy atom. The number of carbonyl (C=O) groups excluding carboxylic acids is 1. The van der Waals surface area contributed by atoms with E-state index < -0.39 is 0 Å². The van der Waals surface area contributed by atoms with Crippen LogP contribution in [0.15, 0.2) is 35.4 Å². The van der Waals surface area contributed by atoms with Gasteiger partial charge in [0.2, 0.25) is 5.91 Å². The Balaban J connectivity index is 1.42. The van der Waals surface area contributed by atoms with Crippen LogP contribution in [-0.4, -0.2) is 48.6 Å². The van der Waals surface area contributed by atoms with E-state index in [1.807, 2.05) is 30.0 Å². The van der Waals surface area contributed by atoms with Gasteiger partial charge in [-0.15, -0.1) is 0 Å². The monoisotopic (exact) mass is 366 g/mol. The topological polar surface area (TPSA) is 96.8 Å². The highest BCUT2D eigenvalue weighted by Gasteiger charge is 2.27. The van der Waals surface area contributed by atoms with Gasteiger partial charge in [0.05, 0.1) is 17.2 Å². The smallest absolute Gasteiger partial charge is 0.261 e.